The number of ether oxygens (including phenoxy) is 1. The van der Waals surface area contributed by atoms with Crippen molar-refractivity contribution in [2.45, 2.75) is 37.2 Å². The van der Waals surface area contributed by atoms with Gasteiger partial charge >= 0.3 is 0 Å². The van der Waals surface area contributed by atoms with Crippen molar-refractivity contribution >= 4 is 21.4 Å². The molecule has 0 spiro atoms. The Hall–Kier alpha value is -1.40. The number of anilines is 1. The van der Waals surface area contributed by atoms with Crippen LogP contribution in [0.3, 0.4) is 0 Å². The van der Waals surface area contributed by atoms with E-state index >= 15 is 0 Å². The van der Waals surface area contributed by atoms with Crippen molar-refractivity contribution in [3.8, 4) is 0 Å². The van der Waals surface area contributed by atoms with Gasteiger partial charge in [-0.25, -0.2) is 8.42 Å². The monoisotopic (exact) mass is 323 g/mol. The highest BCUT2D eigenvalue weighted by molar-refractivity contribution is 7.91. The van der Waals surface area contributed by atoms with Crippen molar-refractivity contribution in [1.29, 1.82) is 0 Å². The smallest absolute Gasteiger partial charge is 0.227 e. The normalized spacial score (nSPS) is 27.6. The lowest BCUT2D eigenvalue weighted by Crippen LogP contribution is -2.20. The van der Waals surface area contributed by atoms with E-state index in [1.807, 2.05) is 6.92 Å². The first kappa shape index (κ1) is 15.5. The lowest BCUT2D eigenvalue weighted by Gasteiger charge is -2.11. The lowest BCUT2D eigenvalue weighted by atomic mass is 10.3. The van der Waals surface area contributed by atoms with Gasteiger partial charge in [0.1, 0.15) is 0 Å². The Morgan fingerprint density at radius 3 is 2.55 bits per heavy atom. The highest BCUT2D eigenvalue weighted by Crippen LogP contribution is 2.38. The van der Waals surface area contributed by atoms with E-state index in [1.165, 1.54) is 0 Å². The fourth-order valence-corrected chi connectivity index (χ4v) is 4.28. The molecule has 1 saturated carbocycles. The highest BCUT2D eigenvalue weighted by atomic mass is 32.2. The fraction of sp³-hybridized carbons (Fsp3) is 0.562. The Morgan fingerprint density at radius 2 is 2.00 bits per heavy atom. The number of nitrogens with one attached hydrogen (secondary N) is 1. The second-order valence-corrected chi connectivity index (χ2v) is 8.28. The zero-order valence-corrected chi connectivity index (χ0v) is 13.4. The van der Waals surface area contributed by atoms with Crippen LogP contribution in [0.5, 0.6) is 0 Å². The summed E-state index contributed by atoms with van der Waals surface area (Å²) in [6.45, 7) is 2.69. The third-order valence-electron chi connectivity index (χ3n) is 4.36. The Labute approximate surface area is 131 Å². The van der Waals surface area contributed by atoms with E-state index in [2.05, 4.69) is 5.32 Å². The molecular weight excluding hydrogens is 302 g/mol. The fourth-order valence-electron chi connectivity index (χ4n) is 2.78. The number of hydrogen-bond acceptors (Lipinski definition) is 4. The molecule has 1 heterocycles. The largest absolute Gasteiger partial charge is 0.377 e. The molecule has 0 bridgehead atoms. The molecule has 6 heteroatoms. The second kappa shape index (κ2) is 6.01. The maximum absolute atomic E-state index is 12.3. The van der Waals surface area contributed by atoms with Crippen molar-refractivity contribution < 1.29 is 17.9 Å². The molecule has 3 atom stereocenters. The molecule has 1 aliphatic carbocycles. The number of hydrogen-bond donors (Lipinski definition) is 1. The first-order valence-corrected chi connectivity index (χ1v) is 9.36. The van der Waals surface area contributed by atoms with Gasteiger partial charge in [-0.05, 0) is 49.4 Å². The average molecular weight is 323 g/mol. The van der Waals surface area contributed by atoms with Gasteiger partial charge < -0.3 is 10.1 Å². The summed E-state index contributed by atoms with van der Waals surface area (Å²) in [5, 5.41) is 2.83. The van der Waals surface area contributed by atoms with Crippen molar-refractivity contribution in [1.82, 2.24) is 0 Å². The molecule has 0 aromatic heterocycles. The number of benzene rings is 1. The van der Waals surface area contributed by atoms with Gasteiger partial charge in [0.15, 0.2) is 9.84 Å². The van der Waals surface area contributed by atoms with E-state index in [9.17, 15) is 13.2 Å². The van der Waals surface area contributed by atoms with Gasteiger partial charge in [-0.1, -0.05) is 6.92 Å². The summed E-state index contributed by atoms with van der Waals surface area (Å²) in [6, 6.07) is 6.40. The van der Waals surface area contributed by atoms with Crippen molar-refractivity contribution in [3.05, 3.63) is 24.3 Å². The number of rotatable bonds is 5. The van der Waals surface area contributed by atoms with Crippen LogP contribution in [0.4, 0.5) is 5.69 Å². The van der Waals surface area contributed by atoms with E-state index in [0.717, 1.165) is 19.3 Å². The molecule has 0 unspecified atom stereocenters. The van der Waals surface area contributed by atoms with Gasteiger partial charge in [0.05, 0.1) is 16.8 Å². The first-order valence-electron chi connectivity index (χ1n) is 7.71. The molecule has 120 valence electrons. The Bertz CT molecular complexity index is 647. The number of sulfone groups is 1. The van der Waals surface area contributed by atoms with Crippen molar-refractivity contribution in [2.24, 2.45) is 11.8 Å². The van der Waals surface area contributed by atoms with Crippen LogP contribution in [0.2, 0.25) is 0 Å². The SMILES string of the molecule is C[C@@H]1C[C@H]1C(=O)Nc1ccc(S(=O)(=O)C[C@@H]2CCCO2)cc1. The van der Waals surface area contributed by atoms with Crippen LogP contribution in [-0.2, 0) is 19.4 Å². The quantitative estimate of drug-likeness (QED) is 0.902. The number of carbonyl (C=O) groups excluding carboxylic acids is 1. The number of amides is 1. The lowest BCUT2D eigenvalue weighted by molar-refractivity contribution is -0.117. The summed E-state index contributed by atoms with van der Waals surface area (Å²) in [5.74, 6) is 0.592. The molecule has 1 aromatic rings. The predicted octanol–water partition coefficient (Wildman–Crippen LogP) is 2.23. The van der Waals surface area contributed by atoms with Crippen LogP contribution >= 0.6 is 0 Å². The standard InChI is InChI=1S/C16H21NO4S/c1-11-9-15(11)16(18)17-12-4-6-14(7-5-12)22(19,20)10-13-3-2-8-21-13/h4-7,11,13,15H,2-3,8-10H2,1H3,(H,17,18)/t11-,13+,15-/m1/s1. The maximum atomic E-state index is 12.3. The minimum atomic E-state index is -3.34. The second-order valence-electron chi connectivity index (χ2n) is 6.25. The summed E-state index contributed by atoms with van der Waals surface area (Å²) in [4.78, 5) is 12.1. The molecule has 1 amide bonds. The van der Waals surface area contributed by atoms with Crippen LogP contribution in [0.15, 0.2) is 29.2 Å². The molecule has 1 aromatic carbocycles. The Balaban J connectivity index is 1.64. The zero-order chi connectivity index (χ0) is 15.7. The summed E-state index contributed by atoms with van der Waals surface area (Å²) < 4.78 is 30.0. The minimum absolute atomic E-state index is 0.0162. The summed E-state index contributed by atoms with van der Waals surface area (Å²) in [5.41, 5.74) is 0.639. The van der Waals surface area contributed by atoms with E-state index in [4.69, 9.17) is 4.74 Å². The van der Waals surface area contributed by atoms with Crippen LogP contribution in [-0.4, -0.2) is 32.8 Å². The third kappa shape index (κ3) is 3.50. The molecule has 5 nitrogen and oxygen atoms in total. The van der Waals surface area contributed by atoms with Crippen LogP contribution in [0.1, 0.15) is 26.2 Å². The minimum Gasteiger partial charge on any atom is -0.377 e. The van der Waals surface area contributed by atoms with Crippen molar-refractivity contribution in [3.63, 3.8) is 0 Å². The van der Waals surface area contributed by atoms with E-state index in [1.54, 1.807) is 24.3 Å². The molecule has 3 rings (SSSR count). The topological polar surface area (TPSA) is 72.5 Å². The molecule has 22 heavy (non-hydrogen) atoms. The third-order valence-corrected chi connectivity index (χ3v) is 6.16. The summed E-state index contributed by atoms with van der Waals surface area (Å²) >= 11 is 0. The summed E-state index contributed by atoms with van der Waals surface area (Å²) in [6.07, 6.45) is 2.46. The highest BCUT2D eigenvalue weighted by Gasteiger charge is 2.39. The zero-order valence-electron chi connectivity index (χ0n) is 12.6. The van der Waals surface area contributed by atoms with E-state index in [0.29, 0.717) is 18.2 Å². The average Bonchev–Trinajstić information content (AvgIpc) is 2.99. The maximum Gasteiger partial charge on any atom is 0.227 e. The van der Waals surface area contributed by atoms with Gasteiger partial charge in [0.25, 0.3) is 0 Å². The van der Waals surface area contributed by atoms with E-state index in [-0.39, 0.29) is 28.6 Å². The van der Waals surface area contributed by atoms with Gasteiger partial charge in [-0.3, -0.25) is 4.79 Å². The van der Waals surface area contributed by atoms with Gasteiger partial charge in [-0.15, -0.1) is 0 Å². The number of carbonyl (C=O) groups is 1. The van der Waals surface area contributed by atoms with Gasteiger partial charge in [0, 0.05) is 18.2 Å². The van der Waals surface area contributed by atoms with Crippen LogP contribution in [0, 0.1) is 11.8 Å². The molecule has 1 N–H and O–H groups in total. The predicted molar refractivity (Wildman–Crippen MR) is 83.4 cm³/mol. The molecule has 1 aliphatic heterocycles. The first-order chi connectivity index (χ1) is 10.5. The van der Waals surface area contributed by atoms with Gasteiger partial charge in [0.2, 0.25) is 5.91 Å². The molecular formula is C16H21NO4S. The van der Waals surface area contributed by atoms with E-state index < -0.39 is 9.84 Å². The van der Waals surface area contributed by atoms with Crippen molar-refractivity contribution in [2.75, 3.05) is 17.7 Å². The van der Waals surface area contributed by atoms with Crippen LogP contribution in [0.25, 0.3) is 0 Å². The Morgan fingerprint density at radius 1 is 1.32 bits per heavy atom. The molecule has 0 radical (unpaired) electrons. The van der Waals surface area contributed by atoms with Gasteiger partial charge in [-0.2, -0.15) is 0 Å². The van der Waals surface area contributed by atoms with Crippen LogP contribution < -0.4 is 5.32 Å². The molecule has 2 aliphatic rings. The molecule has 1 saturated heterocycles. The summed E-state index contributed by atoms with van der Waals surface area (Å²) in [7, 11) is -3.34. The Kier molecular flexibility index (Phi) is 4.23. The molecule has 2 fully saturated rings.